The second kappa shape index (κ2) is 4.25. The molecule has 0 saturated carbocycles. The van der Waals surface area contributed by atoms with Crippen LogP contribution in [-0.4, -0.2) is 0 Å². The zero-order valence-electron chi connectivity index (χ0n) is 9.15. The van der Waals surface area contributed by atoms with Crippen molar-refractivity contribution < 1.29 is 13.2 Å². The van der Waals surface area contributed by atoms with Gasteiger partial charge < -0.3 is 0 Å². The Kier molecular flexibility index (Phi) is 3.42. The third-order valence-electron chi connectivity index (χ3n) is 2.54. The summed E-state index contributed by atoms with van der Waals surface area (Å²) >= 11 is 0. The number of hydrogen-bond acceptors (Lipinski definition) is 0. The van der Waals surface area contributed by atoms with Crippen LogP contribution in [0.25, 0.3) is 0 Å². The highest BCUT2D eigenvalue weighted by molar-refractivity contribution is 5.29. The number of hydrogen-bond donors (Lipinski definition) is 0. The van der Waals surface area contributed by atoms with Crippen LogP contribution in [0.4, 0.5) is 13.2 Å². The zero-order chi connectivity index (χ0) is 11.6. The van der Waals surface area contributed by atoms with E-state index in [0.29, 0.717) is 12.0 Å². The molecule has 0 aliphatic carbocycles. The van der Waals surface area contributed by atoms with E-state index in [4.69, 9.17) is 0 Å². The first-order chi connectivity index (χ1) is 6.91. The zero-order valence-corrected chi connectivity index (χ0v) is 9.15. The Bertz CT molecular complexity index is 343. The highest BCUT2D eigenvalue weighted by Crippen LogP contribution is 2.37. The third kappa shape index (κ3) is 2.16. The van der Waals surface area contributed by atoms with Crippen LogP contribution < -0.4 is 0 Å². The van der Waals surface area contributed by atoms with E-state index in [1.807, 2.05) is 0 Å². The van der Waals surface area contributed by atoms with Crippen LogP contribution >= 0.6 is 0 Å². The summed E-state index contributed by atoms with van der Waals surface area (Å²) in [7, 11) is 0. The van der Waals surface area contributed by atoms with Gasteiger partial charge in [-0.3, -0.25) is 0 Å². The first-order valence-corrected chi connectivity index (χ1v) is 5.06. The quantitative estimate of drug-likeness (QED) is 0.712. The first kappa shape index (κ1) is 12.1. The van der Waals surface area contributed by atoms with Crippen LogP contribution in [0.15, 0.2) is 18.2 Å². The summed E-state index contributed by atoms with van der Waals surface area (Å²) in [4.78, 5) is 0. The minimum absolute atomic E-state index is 0.341. The fraction of sp³-hybridized carbons (Fsp3) is 0.500. The second-order valence-electron chi connectivity index (χ2n) is 3.91. The van der Waals surface area contributed by atoms with Crippen molar-refractivity contribution in [1.82, 2.24) is 0 Å². The van der Waals surface area contributed by atoms with E-state index in [2.05, 4.69) is 0 Å². The summed E-state index contributed by atoms with van der Waals surface area (Å²) in [6.07, 6.45) is 0.424. The van der Waals surface area contributed by atoms with Gasteiger partial charge in [0.05, 0.1) is 5.56 Å². The van der Waals surface area contributed by atoms with Gasteiger partial charge in [0.2, 0.25) is 0 Å². The predicted molar refractivity (Wildman–Crippen MR) is 54.5 cm³/mol. The summed E-state index contributed by atoms with van der Waals surface area (Å²) in [5, 5.41) is 0. The summed E-state index contributed by atoms with van der Waals surface area (Å²) in [5.41, 5.74) is -0.148. The van der Waals surface area contributed by atoms with E-state index < -0.39 is 23.2 Å². The molecular formula is C12H15F3. The second-order valence-corrected chi connectivity index (χ2v) is 3.91. The summed E-state index contributed by atoms with van der Waals surface area (Å²) in [5.74, 6) is -4.77. The Labute approximate surface area is 88.1 Å². The number of rotatable bonds is 3. The molecule has 84 valence electrons. The molecule has 0 radical (unpaired) electrons. The van der Waals surface area contributed by atoms with E-state index in [-0.39, 0.29) is 0 Å². The molecule has 0 aliphatic rings. The first-order valence-electron chi connectivity index (χ1n) is 5.06. The fourth-order valence-corrected chi connectivity index (χ4v) is 1.42. The smallest absolute Gasteiger partial charge is 0.206 e. The van der Waals surface area contributed by atoms with Gasteiger partial charge in [-0.1, -0.05) is 39.0 Å². The average molecular weight is 216 g/mol. The van der Waals surface area contributed by atoms with Crippen molar-refractivity contribution in [2.75, 3.05) is 0 Å². The van der Waals surface area contributed by atoms with Gasteiger partial charge in [0.25, 0.3) is 5.92 Å². The topological polar surface area (TPSA) is 0 Å². The molecule has 1 rings (SSSR count). The van der Waals surface area contributed by atoms with Crippen molar-refractivity contribution in [2.24, 2.45) is 5.92 Å². The fourth-order valence-electron chi connectivity index (χ4n) is 1.42. The lowest BCUT2D eigenvalue weighted by Gasteiger charge is -2.22. The number of benzene rings is 1. The van der Waals surface area contributed by atoms with Crippen molar-refractivity contribution in [2.45, 2.75) is 33.1 Å². The highest BCUT2D eigenvalue weighted by Gasteiger charge is 2.38. The molecule has 0 aromatic heterocycles. The van der Waals surface area contributed by atoms with Gasteiger partial charge in [-0.25, -0.2) is 13.2 Å². The van der Waals surface area contributed by atoms with Gasteiger partial charge in [-0.15, -0.1) is 0 Å². The van der Waals surface area contributed by atoms with Crippen LogP contribution in [0, 0.1) is 11.7 Å². The molecule has 0 unspecified atom stereocenters. The lowest BCUT2D eigenvalue weighted by atomic mass is 9.95. The van der Waals surface area contributed by atoms with Gasteiger partial charge in [-0.2, -0.15) is 0 Å². The molecule has 0 atom stereocenters. The lowest BCUT2D eigenvalue weighted by Crippen LogP contribution is -2.23. The maximum atomic E-state index is 13.6. The number of halogens is 3. The van der Waals surface area contributed by atoms with Gasteiger partial charge in [-0.05, 0) is 12.0 Å². The average Bonchev–Trinajstić information content (AvgIpc) is 2.17. The van der Waals surface area contributed by atoms with Gasteiger partial charge >= 0.3 is 0 Å². The minimum atomic E-state index is -3.10. The Hall–Kier alpha value is -0.990. The molecule has 15 heavy (non-hydrogen) atoms. The molecule has 0 heterocycles. The van der Waals surface area contributed by atoms with E-state index in [9.17, 15) is 13.2 Å². The van der Waals surface area contributed by atoms with Crippen LogP contribution in [-0.2, 0) is 12.3 Å². The normalized spacial score (nSPS) is 12.2. The lowest BCUT2D eigenvalue weighted by molar-refractivity contribution is -0.0544. The van der Waals surface area contributed by atoms with Crippen LogP contribution in [0.3, 0.4) is 0 Å². The number of alkyl halides is 2. The standard InChI is InChI=1S/C12H15F3/c1-4-9-6-5-7-10(11(9)13)12(14,15)8(2)3/h5-8H,4H2,1-3H3. The van der Waals surface area contributed by atoms with Crippen molar-refractivity contribution in [3.05, 3.63) is 35.1 Å². The molecule has 3 heteroatoms. The summed E-state index contributed by atoms with van der Waals surface area (Å²) in [6, 6.07) is 4.18. The minimum Gasteiger partial charge on any atom is -0.206 e. The van der Waals surface area contributed by atoms with Crippen LogP contribution in [0.1, 0.15) is 31.9 Å². The van der Waals surface area contributed by atoms with Crippen molar-refractivity contribution >= 4 is 0 Å². The van der Waals surface area contributed by atoms with Crippen molar-refractivity contribution in [3.8, 4) is 0 Å². The molecule has 1 aromatic carbocycles. The summed E-state index contributed by atoms with van der Waals surface area (Å²) < 4.78 is 40.9. The van der Waals surface area contributed by atoms with Crippen molar-refractivity contribution in [3.63, 3.8) is 0 Å². The molecule has 0 bridgehead atoms. The van der Waals surface area contributed by atoms with Crippen LogP contribution in [0.5, 0.6) is 0 Å². The van der Waals surface area contributed by atoms with Gasteiger partial charge in [0.15, 0.2) is 0 Å². The van der Waals surface area contributed by atoms with E-state index >= 15 is 0 Å². The molecular weight excluding hydrogens is 201 g/mol. The van der Waals surface area contributed by atoms with E-state index in [0.717, 1.165) is 6.07 Å². The van der Waals surface area contributed by atoms with E-state index in [1.165, 1.54) is 26.0 Å². The maximum absolute atomic E-state index is 13.6. The number of aryl methyl sites for hydroxylation is 1. The molecule has 0 spiro atoms. The third-order valence-corrected chi connectivity index (χ3v) is 2.54. The molecule has 0 saturated heterocycles. The predicted octanol–water partition coefficient (Wildman–Crippen LogP) is 4.14. The van der Waals surface area contributed by atoms with Crippen molar-refractivity contribution in [1.29, 1.82) is 0 Å². The van der Waals surface area contributed by atoms with Gasteiger partial charge in [0, 0.05) is 5.92 Å². The largest absolute Gasteiger partial charge is 0.278 e. The monoisotopic (exact) mass is 216 g/mol. The SMILES string of the molecule is CCc1cccc(C(F)(F)C(C)C)c1F. The Morgan fingerprint density at radius 1 is 1.27 bits per heavy atom. The van der Waals surface area contributed by atoms with Gasteiger partial charge in [0.1, 0.15) is 5.82 Å². The molecule has 0 N–H and O–H groups in total. The summed E-state index contributed by atoms with van der Waals surface area (Å²) in [6.45, 7) is 4.52. The molecule has 0 fully saturated rings. The Morgan fingerprint density at radius 3 is 2.33 bits per heavy atom. The maximum Gasteiger partial charge on any atom is 0.278 e. The molecule has 1 aromatic rings. The highest BCUT2D eigenvalue weighted by atomic mass is 19.3. The molecule has 0 amide bonds. The Balaban J connectivity index is 3.26. The molecule has 0 nitrogen and oxygen atoms in total. The molecule has 0 aliphatic heterocycles. The Morgan fingerprint density at radius 2 is 1.87 bits per heavy atom. The van der Waals surface area contributed by atoms with Crippen LogP contribution in [0.2, 0.25) is 0 Å². The van der Waals surface area contributed by atoms with E-state index in [1.54, 1.807) is 6.92 Å².